The molecule has 0 radical (unpaired) electrons. The highest BCUT2D eigenvalue weighted by Gasteiger charge is 2.25. The summed E-state index contributed by atoms with van der Waals surface area (Å²) < 4.78 is 68.9. The van der Waals surface area contributed by atoms with E-state index < -0.39 is 35.6 Å². The van der Waals surface area contributed by atoms with Gasteiger partial charge in [0.05, 0.1) is 45.7 Å². The highest BCUT2D eigenvalue weighted by molar-refractivity contribution is 6.39. The van der Waals surface area contributed by atoms with Crippen molar-refractivity contribution >= 4 is 62.7 Å². The molecule has 4 heterocycles. The van der Waals surface area contributed by atoms with E-state index in [4.69, 9.17) is 32.4 Å². The number of pyridine rings is 1. The number of halogens is 6. The summed E-state index contributed by atoms with van der Waals surface area (Å²) in [5.41, 5.74) is 1.71. The number of ether oxygens (including phenoxy) is 2. The average Bonchev–Trinajstić information content (AvgIpc) is 3.89. The predicted octanol–water partition coefficient (Wildman–Crippen LogP) is 9.61. The number of anilines is 2. The third-order valence-electron chi connectivity index (χ3n) is 8.65. The SMILES string of the molecule is C[C@H](Nc1ncnc2nc[nH]c12)c1oc2ccc(F)cc2c(=O)c1-c1cccc(F)c1.O=C(Nc1c(Cl)cncc1Cl)c1ccc(OC(F)F)c(OCC2CC2)c1. The second-order valence-corrected chi connectivity index (χ2v) is 13.6. The molecule has 0 saturated heterocycles. The molecule has 57 heavy (non-hydrogen) atoms. The van der Waals surface area contributed by atoms with Crippen molar-refractivity contribution in [2.45, 2.75) is 32.4 Å². The number of hydrogen-bond donors (Lipinski definition) is 3. The Balaban J connectivity index is 0.000000177. The van der Waals surface area contributed by atoms with Gasteiger partial charge in [-0.3, -0.25) is 14.6 Å². The first kappa shape index (κ1) is 39.0. The molecule has 0 bridgehead atoms. The zero-order valence-corrected chi connectivity index (χ0v) is 31.0. The number of rotatable bonds is 11. The van der Waals surface area contributed by atoms with Crippen LogP contribution in [-0.2, 0) is 0 Å². The smallest absolute Gasteiger partial charge is 0.387 e. The zero-order valence-electron chi connectivity index (χ0n) is 29.5. The van der Waals surface area contributed by atoms with Gasteiger partial charge in [-0.1, -0.05) is 35.3 Å². The Morgan fingerprint density at radius 1 is 0.982 bits per heavy atom. The summed E-state index contributed by atoms with van der Waals surface area (Å²) in [6, 6.07) is 12.8. The van der Waals surface area contributed by atoms with Crippen LogP contribution in [0.2, 0.25) is 10.0 Å². The Morgan fingerprint density at radius 3 is 2.49 bits per heavy atom. The normalized spacial score (nSPS) is 12.9. The lowest BCUT2D eigenvalue weighted by Gasteiger charge is -2.18. The van der Waals surface area contributed by atoms with Gasteiger partial charge in [0, 0.05) is 18.0 Å². The molecule has 1 aliphatic carbocycles. The number of imidazole rings is 1. The number of alkyl halides is 2. The molecular weight excluding hydrogens is 793 g/mol. The van der Waals surface area contributed by atoms with Gasteiger partial charge in [0.25, 0.3) is 5.91 Å². The summed E-state index contributed by atoms with van der Waals surface area (Å²) in [7, 11) is 0. The van der Waals surface area contributed by atoms with Gasteiger partial charge >= 0.3 is 6.61 Å². The number of hydrogen-bond acceptors (Lipinski definition) is 10. The standard InChI is InChI=1S/C22H15F2N5O2.C17H14Cl2F2N2O3/c1-11(29-22-18-21(26-9-25-18)27-10-28-22)20-17(12-3-2-4-13(23)7-12)19(30)15-8-14(24)5-6-16(15)31-20;18-11-6-22-7-12(19)15(11)23-16(24)10-3-4-13(26-17(20)21)14(5-10)25-8-9-1-2-9/h2-11H,1H3,(H2,25,26,27,28,29);3-7,9,17H,1-2,8H2,(H,22,23,24)/t11-;/m0./s1. The van der Waals surface area contributed by atoms with E-state index in [1.165, 1.54) is 73.6 Å². The van der Waals surface area contributed by atoms with Crippen LogP contribution >= 0.6 is 23.2 Å². The Bertz CT molecular complexity index is 2640. The Hall–Kier alpha value is -6.26. The molecule has 0 spiro atoms. The van der Waals surface area contributed by atoms with E-state index in [1.54, 1.807) is 13.0 Å². The number of aromatic nitrogens is 5. The van der Waals surface area contributed by atoms with Gasteiger partial charge in [-0.15, -0.1) is 0 Å². The van der Waals surface area contributed by atoms with Crippen LogP contribution in [0.5, 0.6) is 11.5 Å². The van der Waals surface area contributed by atoms with E-state index >= 15 is 0 Å². The molecule has 1 atom stereocenters. The molecule has 292 valence electrons. The molecule has 4 aromatic heterocycles. The molecule has 0 aliphatic heterocycles. The molecular formula is C39H29Cl2F4N7O5. The molecule has 3 aromatic carbocycles. The van der Waals surface area contributed by atoms with Crippen LogP contribution in [0.4, 0.5) is 29.1 Å². The van der Waals surface area contributed by atoms with Crippen molar-refractivity contribution in [3.63, 3.8) is 0 Å². The van der Waals surface area contributed by atoms with Crippen LogP contribution in [0.25, 0.3) is 33.3 Å². The van der Waals surface area contributed by atoms with Crippen molar-refractivity contribution in [1.29, 1.82) is 0 Å². The summed E-state index contributed by atoms with van der Waals surface area (Å²) in [5, 5.41) is 6.19. The van der Waals surface area contributed by atoms with Crippen LogP contribution in [0.15, 0.2) is 94.9 Å². The molecule has 1 amide bonds. The monoisotopic (exact) mass is 821 g/mol. The zero-order chi connectivity index (χ0) is 40.2. The van der Waals surface area contributed by atoms with Crippen molar-refractivity contribution < 1.29 is 36.2 Å². The van der Waals surface area contributed by atoms with Crippen molar-refractivity contribution in [2.75, 3.05) is 17.2 Å². The number of carbonyl (C=O) groups is 1. The molecule has 8 rings (SSSR count). The molecule has 1 saturated carbocycles. The maximum atomic E-state index is 13.9. The Morgan fingerprint density at radius 2 is 1.75 bits per heavy atom. The number of aromatic amines is 1. The molecule has 3 N–H and O–H groups in total. The van der Waals surface area contributed by atoms with E-state index in [0.29, 0.717) is 35.1 Å². The molecule has 0 unspecified atom stereocenters. The second-order valence-electron chi connectivity index (χ2n) is 12.7. The summed E-state index contributed by atoms with van der Waals surface area (Å²) in [6.07, 6.45) is 7.61. The third-order valence-corrected chi connectivity index (χ3v) is 9.22. The van der Waals surface area contributed by atoms with Crippen LogP contribution in [-0.4, -0.2) is 44.0 Å². The van der Waals surface area contributed by atoms with Gasteiger partial charge in [0.2, 0.25) is 5.43 Å². The van der Waals surface area contributed by atoms with E-state index in [9.17, 15) is 27.2 Å². The van der Waals surface area contributed by atoms with Crippen molar-refractivity contribution in [3.8, 4) is 22.6 Å². The van der Waals surface area contributed by atoms with Gasteiger partial charge in [-0.25, -0.2) is 23.7 Å². The van der Waals surface area contributed by atoms with Gasteiger partial charge in [0.15, 0.2) is 23.0 Å². The first-order valence-corrected chi connectivity index (χ1v) is 18.0. The van der Waals surface area contributed by atoms with Crippen LogP contribution < -0.4 is 25.5 Å². The van der Waals surface area contributed by atoms with E-state index in [0.717, 1.165) is 18.9 Å². The average molecular weight is 823 g/mol. The number of amides is 1. The van der Waals surface area contributed by atoms with E-state index in [2.05, 4.69) is 40.3 Å². The maximum Gasteiger partial charge on any atom is 0.387 e. The summed E-state index contributed by atoms with van der Waals surface area (Å²) in [6.45, 7) is -0.833. The molecule has 12 nitrogen and oxygen atoms in total. The summed E-state index contributed by atoms with van der Waals surface area (Å²) in [4.78, 5) is 45.0. The molecule has 18 heteroatoms. The molecule has 1 aliphatic rings. The highest BCUT2D eigenvalue weighted by atomic mass is 35.5. The van der Waals surface area contributed by atoms with Crippen LogP contribution in [0.1, 0.15) is 41.9 Å². The van der Waals surface area contributed by atoms with Crippen molar-refractivity contribution in [2.24, 2.45) is 5.92 Å². The fraction of sp³-hybridized carbons (Fsp3) is 0.179. The van der Waals surface area contributed by atoms with Crippen molar-refractivity contribution in [3.05, 3.63) is 129 Å². The topological polar surface area (TPSA) is 157 Å². The fourth-order valence-corrected chi connectivity index (χ4v) is 6.18. The number of carbonyl (C=O) groups excluding carboxylic acids is 1. The quantitative estimate of drug-likeness (QED) is 0.107. The Labute approximate surface area is 330 Å². The first-order valence-electron chi connectivity index (χ1n) is 17.2. The number of benzene rings is 3. The minimum atomic E-state index is -2.99. The third kappa shape index (κ3) is 9.08. The minimum Gasteiger partial charge on any atom is -0.489 e. The van der Waals surface area contributed by atoms with Gasteiger partial charge < -0.3 is 29.5 Å². The molecule has 7 aromatic rings. The number of nitrogens with one attached hydrogen (secondary N) is 3. The lowest BCUT2D eigenvalue weighted by atomic mass is 9.99. The Kier molecular flexibility index (Phi) is 11.5. The highest BCUT2D eigenvalue weighted by Crippen LogP contribution is 2.36. The van der Waals surface area contributed by atoms with E-state index in [1.807, 2.05) is 0 Å². The minimum absolute atomic E-state index is 0.0770. The predicted molar refractivity (Wildman–Crippen MR) is 205 cm³/mol. The van der Waals surface area contributed by atoms with Crippen LogP contribution in [0, 0.1) is 17.6 Å². The van der Waals surface area contributed by atoms with Crippen LogP contribution in [0.3, 0.4) is 0 Å². The maximum absolute atomic E-state index is 13.9. The van der Waals surface area contributed by atoms with E-state index in [-0.39, 0.29) is 55.1 Å². The number of nitrogens with zero attached hydrogens (tertiary/aromatic N) is 4. The first-order chi connectivity index (χ1) is 27.4. The van der Waals surface area contributed by atoms with Crippen molar-refractivity contribution in [1.82, 2.24) is 24.9 Å². The fourth-order valence-electron chi connectivity index (χ4n) is 5.72. The largest absolute Gasteiger partial charge is 0.489 e. The summed E-state index contributed by atoms with van der Waals surface area (Å²) in [5.74, 6) is -0.512. The number of fused-ring (bicyclic) bond motifs is 2. The second kappa shape index (κ2) is 16.9. The lowest BCUT2D eigenvalue weighted by molar-refractivity contribution is -0.0515. The van der Waals surface area contributed by atoms with Gasteiger partial charge in [-0.2, -0.15) is 8.78 Å². The lowest BCUT2D eigenvalue weighted by Crippen LogP contribution is -2.16. The number of H-pyrrole nitrogens is 1. The van der Waals surface area contributed by atoms with Gasteiger partial charge in [-0.05, 0) is 79.8 Å². The van der Waals surface area contributed by atoms with Gasteiger partial charge in [0.1, 0.15) is 34.8 Å². The molecule has 1 fully saturated rings. The summed E-state index contributed by atoms with van der Waals surface area (Å²) >= 11 is 12.0.